The van der Waals surface area contributed by atoms with Gasteiger partial charge in [-0.2, -0.15) is 0 Å². The van der Waals surface area contributed by atoms with Crippen molar-refractivity contribution >= 4 is 5.97 Å². The van der Waals surface area contributed by atoms with Gasteiger partial charge >= 0.3 is 5.97 Å². The van der Waals surface area contributed by atoms with E-state index >= 15 is 0 Å². The number of carboxylic acids is 1. The molecule has 0 bridgehead atoms. The number of unbranched alkanes of at least 4 members (excludes halogenated alkanes) is 2. The van der Waals surface area contributed by atoms with Gasteiger partial charge in [-0.15, -0.1) is 0 Å². The summed E-state index contributed by atoms with van der Waals surface area (Å²) in [5, 5.41) is 8.70. The van der Waals surface area contributed by atoms with Crippen molar-refractivity contribution in [1.82, 2.24) is 4.90 Å². The average molecular weight is 281 g/mol. The number of hydrogen-bond acceptors (Lipinski definition) is 2. The zero-order valence-electron chi connectivity index (χ0n) is 12.1. The van der Waals surface area contributed by atoms with Gasteiger partial charge in [0.25, 0.3) is 0 Å². The molecule has 0 saturated carbocycles. The first kappa shape index (κ1) is 16.6. The second kappa shape index (κ2) is 9.48. The van der Waals surface area contributed by atoms with Gasteiger partial charge in [-0.25, -0.2) is 4.39 Å². The van der Waals surface area contributed by atoms with Gasteiger partial charge in [0.2, 0.25) is 0 Å². The van der Waals surface area contributed by atoms with E-state index in [4.69, 9.17) is 5.11 Å². The first-order chi connectivity index (χ1) is 9.61. The lowest BCUT2D eigenvalue weighted by molar-refractivity contribution is -0.137. The van der Waals surface area contributed by atoms with Gasteiger partial charge in [0.15, 0.2) is 0 Å². The second-order valence-corrected chi connectivity index (χ2v) is 5.11. The molecule has 0 spiro atoms. The molecular formula is C16H24FNO2. The van der Waals surface area contributed by atoms with Crippen molar-refractivity contribution in [2.75, 3.05) is 13.1 Å². The molecule has 0 amide bonds. The molecule has 0 fully saturated rings. The SMILES string of the molecule is CCCCCN(CCCC(=O)O)Cc1ccc(F)cc1. The molecule has 1 aromatic carbocycles. The number of rotatable bonds is 10. The van der Waals surface area contributed by atoms with Gasteiger partial charge in [-0.3, -0.25) is 9.69 Å². The van der Waals surface area contributed by atoms with Crippen molar-refractivity contribution in [2.24, 2.45) is 0 Å². The minimum atomic E-state index is -0.750. The van der Waals surface area contributed by atoms with Crippen molar-refractivity contribution in [3.05, 3.63) is 35.6 Å². The molecule has 0 aliphatic carbocycles. The Kier molecular flexibility index (Phi) is 7.88. The molecule has 20 heavy (non-hydrogen) atoms. The summed E-state index contributed by atoms with van der Waals surface area (Å²) in [5.41, 5.74) is 1.07. The van der Waals surface area contributed by atoms with E-state index in [1.807, 2.05) is 0 Å². The van der Waals surface area contributed by atoms with Crippen molar-refractivity contribution < 1.29 is 14.3 Å². The van der Waals surface area contributed by atoms with Crippen LogP contribution in [-0.4, -0.2) is 29.1 Å². The predicted molar refractivity (Wildman–Crippen MR) is 78.1 cm³/mol. The summed E-state index contributed by atoms with van der Waals surface area (Å²) in [6.45, 7) is 4.65. The Balaban J connectivity index is 2.47. The summed E-state index contributed by atoms with van der Waals surface area (Å²) in [7, 11) is 0. The molecule has 4 heteroatoms. The van der Waals surface area contributed by atoms with Crippen LogP contribution in [0, 0.1) is 5.82 Å². The summed E-state index contributed by atoms with van der Waals surface area (Å²) in [6.07, 6.45) is 4.32. The summed E-state index contributed by atoms with van der Waals surface area (Å²) in [5.74, 6) is -0.975. The minimum absolute atomic E-state index is 0.202. The average Bonchev–Trinajstić information content (AvgIpc) is 2.41. The van der Waals surface area contributed by atoms with E-state index in [0.717, 1.165) is 31.6 Å². The van der Waals surface area contributed by atoms with Crippen LogP contribution in [-0.2, 0) is 11.3 Å². The zero-order chi connectivity index (χ0) is 14.8. The lowest BCUT2D eigenvalue weighted by Gasteiger charge is -2.22. The number of carboxylic acid groups (broad SMARTS) is 1. The number of aliphatic carboxylic acids is 1. The lowest BCUT2D eigenvalue weighted by Crippen LogP contribution is -2.26. The third-order valence-corrected chi connectivity index (χ3v) is 3.26. The highest BCUT2D eigenvalue weighted by atomic mass is 19.1. The van der Waals surface area contributed by atoms with E-state index in [9.17, 15) is 9.18 Å². The van der Waals surface area contributed by atoms with Crippen molar-refractivity contribution in [2.45, 2.75) is 45.6 Å². The van der Waals surface area contributed by atoms with Gasteiger partial charge in [-0.1, -0.05) is 31.9 Å². The standard InChI is InChI=1S/C16H24FNO2/c1-2-3-4-11-18(12-5-6-16(19)20)13-14-7-9-15(17)10-8-14/h7-10H,2-6,11-13H2,1H3,(H,19,20). The maximum Gasteiger partial charge on any atom is 0.303 e. The number of benzene rings is 1. The Bertz CT molecular complexity index is 392. The summed E-state index contributed by atoms with van der Waals surface area (Å²) in [4.78, 5) is 12.8. The fourth-order valence-electron chi connectivity index (χ4n) is 2.16. The molecule has 0 atom stereocenters. The Hall–Kier alpha value is -1.42. The van der Waals surface area contributed by atoms with Crippen molar-refractivity contribution in [3.63, 3.8) is 0 Å². The van der Waals surface area contributed by atoms with Crippen LogP contribution in [0.3, 0.4) is 0 Å². The van der Waals surface area contributed by atoms with E-state index < -0.39 is 5.97 Å². The normalized spacial score (nSPS) is 10.9. The molecule has 0 saturated heterocycles. The fraction of sp³-hybridized carbons (Fsp3) is 0.562. The van der Waals surface area contributed by atoms with Crippen LogP contribution in [0.25, 0.3) is 0 Å². The van der Waals surface area contributed by atoms with Crippen LogP contribution in [0.15, 0.2) is 24.3 Å². The van der Waals surface area contributed by atoms with Crippen LogP contribution >= 0.6 is 0 Å². The highest BCUT2D eigenvalue weighted by Crippen LogP contribution is 2.09. The number of carbonyl (C=O) groups is 1. The third kappa shape index (κ3) is 7.24. The molecule has 112 valence electrons. The largest absolute Gasteiger partial charge is 0.481 e. The predicted octanol–water partition coefficient (Wildman–Crippen LogP) is 3.68. The van der Waals surface area contributed by atoms with Gasteiger partial charge in [-0.05, 0) is 43.6 Å². The van der Waals surface area contributed by atoms with Gasteiger partial charge < -0.3 is 5.11 Å². The Morgan fingerprint density at radius 1 is 1.15 bits per heavy atom. The molecule has 0 heterocycles. The van der Waals surface area contributed by atoms with Gasteiger partial charge in [0.05, 0.1) is 0 Å². The van der Waals surface area contributed by atoms with E-state index in [1.165, 1.54) is 25.0 Å². The number of nitrogens with zero attached hydrogens (tertiary/aromatic N) is 1. The summed E-state index contributed by atoms with van der Waals surface area (Å²) < 4.78 is 12.9. The van der Waals surface area contributed by atoms with E-state index in [2.05, 4.69) is 11.8 Å². The van der Waals surface area contributed by atoms with Crippen LogP contribution < -0.4 is 0 Å². The highest BCUT2D eigenvalue weighted by Gasteiger charge is 2.07. The van der Waals surface area contributed by atoms with E-state index in [0.29, 0.717) is 6.42 Å². The first-order valence-electron chi connectivity index (χ1n) is 7.30. The molecule has 0 aliphatic rings. The summed E-state index contributed by atoms with van der Waals surface area (Å²) in [6, 6.07) is 6.52. The molecule has 1 rings (SSSR count). The van der Waals surface area contributed by atoms with Gasteiger partial charge in [0.1, 0.15) is 5.82 Å². The van der Waals surface area contributed by atoms with Crippen LogP contribution in [0.2, 0.25) is 0 Å². The minimum Gasteiger partial charge on any atom is -0.481 e. The molecule has 0 aromatic heterocycles. The van der Waals surface area contributed by atoms with E-state index in [-0.39, 0.29) is 12.2 Å². The van der Waals surface area contributed by atoms with Crippen molar-refractivity contribution in [3.8, 4) is 0 Å². The molecule has 0 radical (unpaired) electrons. The topological polar surface area (TPSA) is 40.5 Å². The maximum atomic E-state index is 12.9. The third-order valence-electron chi connectivity index (χ3n) is 3.26. The smallest absolute Gasteiger partial charge is 0.303 e. The zero-order valence-corrected chi connectivity index (χ0v) is 12.1. The van der Waals surface area contributed by atoms with Gasteiger partial charge in [0, 0.05) is 13.0 Å². The molecule has 0 aliphatic heterocycles. The number of hydrogen-bond donors (Lipinski definition) is 1. The van der Waals surface area contributed by atoms with Crippen molar-refractivity contribution in [1.29, 1.82) is 0 Å². The highest BCUT2D eigenvalue weighted by molar-refractivity contribution is 5.66. The van der Waals surface area contributed by atoms with Crippen LogP contribution in [0.4, 0.5) is 4.39 Å². The van der Waals surface area contributed by atoms with Crippen LogP contribution in [0.1, 0.15) is 44.6 Å². The maximum absolute atomic E-state index is 12.9. The quantitative estimate of drug-likeness (QED) is 0.665. The molecule has 3 nitrogen and oxygen atoms in total. The Morgan fingerprint density at radius 2 is 1.80 bits per heavy atom. The Labute approximate surface area is 120 Å². The Morgan fingerprint density at radius 3 is 2.40 bits per heavy atom. The summed E-state index contributed by atoms with van der Waals surface area (Å²) >= 11 is 0. The monoisotopic (exact) mass is 281 g/mol. The lowest BCUT2D eigenvalue weighted by atomic mass is 10.1. The fourth-order valence-corrected chi connectivity index (χ4v) is 2.16. The molecule has 1 aromatic rings. The molecular weight excluding hydrogens is 257 g/mol. The molecule has 1 N–H and O–H groups in total. The second-order valence-electron chi connectivity index (χ2n) is 5.11. The van der Waals surface area contributed by atoms with Crippen LogP contribution in [0.5, 0.6) is 0 Å². The van der Waals surface area contributed by atoms with E-state index in [1.54, 1.807) is 12.1 Å². The first-order valence-corrected chi connectivity index (χ1v) is 7.30. The number of halogens is 1. The molecule has 0 unspecified atom stereocenters.